The topological polar surface area (TPSA) is 45.7 Å². The van der Waals surface area contributed by atoms with E-state index in [0.717, 1.165) is 18.3 Å². The van der Waals surface area contributed by atoms with Crippen molar-refractivity contribution in [3.8, 4) is 5.75 Å². The maximum atomic E-state index is 6.08. The van der Waals surface area contributed by atoms with Crippen molar-refractivity contribution in [1.82, 2.24) is 10.6 Å². The first kappa shape index (κ1) is 15.2. The molecule has 0 unspecified atom stereocenters. The maximum Gasteiger partial charge on any atom is 0.191 e. The molecule has 0 saturated heterocycles. The summed E-state index contributed by atoms with van der Waals surface area (Å²) in [6.45, 7) is 0.745. The minimum Gasteiger partial charge on any atom is -0.490 e. The molecule has 4 nitrogen and oxygen atoms in total. The van der Waals surface area contributed by atoms with E-state index in [0.29, 0.717) is 12.1 Å². The van der Waals surface area contributed by atoms with Crippen molar-refractivity contribution in [2.24, 2.45) is 4.99 Å². The lowest BCUT2D eigenvalue weighted by atomic mass is 9.96. The van der Waals surface area contributed by atoms with E-state index in [-0.39, 0.29) is 0 Å². The Hall–Kier alpha value is -1.71. The summed E-state index contributed by atoms with van der Waals surface area (Å²) in [5.74, 6) is 1.90. The number of benzene rings is 1. The summed E-state index contributed by atoms with van der Waals surface area (Å²) in [5.41, 5.74) is 1.20. The van der Waals surface area contributed by atoms with Crippen LogP contribution in [0.3, 0.4) is 0 Å². The van der Waals surface area contributed by atoms with Crippen LogP contribution in [0.1, 0.15) is 50.5 Å². The summed E-state index contributed by atoms with van der Waals surface area (Å²) < 4.78 is 6.08. The standard InChI is InChI=1S/C18H27N3O/c1-19-18(21-15-8-3-4-9-15)20-13-14-7-2-5-12-17(14)22-16-10-6-11-16/h2,5,7,12,15-16H,3-4,6,8-11,13H2,1H3,(H2,19,20,21). The second-order valence-corrected chi connectivity index (χ2v) is 6.33. The fourth-order valence-electron chi connectivity index (χ4n) is 3.07. The molecule has 3 rings (SSSR count). The normalized spacial score (nSPS) is 19.8. The maximum absolute atomic E-state index is 6.08. The van der Waals surface area contributed by atoms with Gasteiger partial charge in [-0.1, -0.05) is 31.0 Å². The third-order valence-corrected chi connectivity index (χ3v) is 4.68. The lowest BCUT2D eigenvalue weighted by Gasteiger charge is -2.27. The Morgan fingerprint density at radius 1 is 1.14 bits per heavy atom. The van der Waals surface area contributed by atoms with E-state index in [1.807, 2.05) is 13.1 Å². The second-order valence-electron chi connectivity index (χ2n) is 6.33. The molecule has 1 aromatic carbocycles. The molecule has 2 aliphatic rings. The molecular weight excluding hydrogens is 274 g/mol. The highest BCUT2D eigenvalue weighted by atomic mass is 16.5. The number of guanidine groups is 1. The molecular formula is C18H27N3O. The summed E-state index contributed by atoms with van der Waals surface area (Å²) in [6, 6.07) is 8.89. The number of nitrogens with zero attached hydrogens (tertiary/aromatic N) is 1. The summed E-state index contributed by atoms with van der Waals surface area (Å²) in [7, 11) is 1.83. The summed E-state index contributed by atoms with van der Waals surface area (Å²) in [6.07, 6.45) is 9.24. The Labute approximate surface area is 133 Å². The monoisotopic (exact) mass is 301 g/mol. The lowest BCUT2D eigenvalue weighted by Crippen LogP contribution is -2.42. The molecule has 2 fully saturated rings. The van der Waals surface area contributed by atoms with E-state index in [1.165, 1.54) is 50.5 Å². The largest absolute Gasteiger partial charge is 0.490 e. The van der Waals surface area contributed by atoms with Gasteiger partial charge in [0.15, 0.2) is 5.96 Å². The van der Waals surface area contributed by atoms with Gasteiger partial charge in [-0.15, -0.1) is 0 Å². The lowest BCUT2D eigenvalue weighted by molar-refractivity contribution is 0.119. The van der Waals surface area contributed by atoms with Crippen molar-refractivity contribution in [1.29, 1.82) is 0 Å². The van der Waals surface area contributed by atoms with Gasteiger partial charge in [-0.05, 0) is 38.2 Å². The molecule has 2 aliphatic carbocycles. The number of ether oxygens (including phenoxy) is 1. The van der Waals surface area contributed by atoms with Gasteiger partial charge in [0.1, 0.15) is 5.75 Å². The molecule has 0 spiro atoms. The van der Waals surface area contributed by atoms with Crippen LogP contribution in [0.25, 0.3) is 0 Å². The van der Waals surface area contributed by atoms with Gasteiger partial charge in [0, 0.05) is 25.2 Å². The zero-order chi connectivity index (χ0) is 15.2. The SMILES string of the molecule is CN=C(NCc1ccccc1OC1CCC1)NC1CCCC1. The Balaban J connectivity index is 1.55. The smallest absolute Gasteiger partial charge is 0.191 e. The second kappa shape index (κ2) is 7.52. The molecule has 0 radical (unpaired) electrons. The predicted octanol–water partition coefficient (Wildman–Crippen LogP) is 3.23. The molecule has 0 bridgehead atoms. The van der Waals surface area contributed by atoms with Crippen molar-refractivity contribution in [2.45, 2.75) is 63.6 Å². The van der Waals surface area contributed by atoms with Crippen molar-refractivity contribution < 1.29 is 4.74 Å². The third-order valence-electron chi connectivity index (χ3n) is 4.68. The fraction of sp³-hybridized carbons (Fsp3) is 0.611. The summed E-state index contributed by atoms with van der Waals surface area (Å²) in [4.78, 5) is 4.34. The van der Waals surface area contributed by atoms with Crippen LogP contribution in [-0.2, 0) is 6.54 Å². The number of hydrogen-bond acceptors (Lipinski definition) is 2. The van der Waals surface area contributed by atoms with Crippen LogP contribution in [0.2, 0.25) is 0 Å². The molecule has 0 aliphatic heterocycles. The fourth-order valence-corrected chi connectivity index (χ4v) is 3.07. The van der Waals surface area contributed by atoms with Gasteiger partial charge in [0.25, 0.3) is 0 Å². The first-order valence-corrected chi connectivity index (χ1v) is 8.57. The van der Waals surface area contributed by atoms with E-state index >= 15 is 0 Å². The summed E-state index contributed by atoms with van der Waals surface area (Å²) >= 11 is 0. The molecule has 2 saturated carbocycles. The van der Waals surface area contributed by atoms with Crippen molar-refractivity contribution in [2.75, 3.05) is 7.05 Å². The quantitative estimate of drug-likeness (QED) is 0.648. The van der Waals surface area contributed by atoms with Crippen LogP contribution in [0.15, 0.2) is 29.3 Å². The molecule has 2 N–H and O–H groups in total. The van der Waals surface area contributed by atoms with Gasteiger partial charge in [-0.25, -0.2) is 0 Å². The molecule has 0 atom stereocenters. The van der Waals surface area contributed by atoms with Crippen LogP contribution >= 0.6 is 0 Å². The van der Waals surface area contributed by atoms with Crippen LogP contribution in [0, 0.1) is 0 Å². The molecule has 0 heterocycles. The number of hydrogen-bond donors (Lipinski definition) is 2. The van der Waals surface area contributed by atoms with E-state index < -0.39 is 0 Å². The highest BCUT2D eigenvalue weighted by molar-refractivity contribution is 5.80. The van der Waals surface area contributed by atoms with Gasteiger partial charge in [0.2, 0.25) is 0 Å². The van der Waals surface area contributed by atoms with Crippen molar-refractivity contribution in [3.63, 3.8) is 0 Å². The van der Waals surface area contributed by atoms with Crippen LogP contribution in [0.4, 0.5) is 0 Å². The van der Waals surface area contributed by atoms with Crippen LogP contribution in [0.5, 0.6) is 5.75 Å². The van der Waals surface area contributed by atoms with E-state index in [4.69, 9.17) is 4.74 Å². The van der Waals surface area contributed by atoms with Gasteiger partial charge >= 0.3 is 0 Å². The minimum absolute atomic E-state index is 0.414. The highest BCUT2D eigenvalue weighted by Crippen LogP contribution is 2.27. The van der Waals surface area contributed by atoms with Gasteiger partial charge in [-0.3, -0.25) is 4.99 Å². The Kier molecular flexibility index (Phi) is 5.20. The number of rotatable bonds is 5. The Morgan fingerprint density at radius 2 is 1.91 bits per heavy atom. The number of para-hydroxylation sites is 1. The third kappa shape index (κ3) is 3.93. The Morgan fingerprint density at radius 3 is 2.59 bits per heavy atom. The van der Waals surface area contributed by atoms with E-state index in [2.05, 4.69) is 33.8 Å². The first-order chi connectivity index (χ1) is 10.8. The van der Waals surface area contributed by atoms with E-state index in [9.17, 15) is 0 Å². The molecule has 4 heteroatoms. The average Bonchev–Trinajstić information content (AvgIpc) is 3.01. The molecule has 0 amide bonds. The van der Waals surface area contributed by atoms with Crippen molar-refractivity contribution >= 4 is 5.96 Å². The predicted molar refractivity (Wildman–Crippen MR) is 90.3 cm³/mol. The van der Waals surface area contributed by atoms with Crippen molar-refractivity contribution in [3.05, 3.63) is 29.8 Å². The van der Waals surface area contributed by atoms with Gasteiger partial charge in [0.05, 0.1) is 6.10 Å². The van der Waals surface area contributed by atoms with Gasteiger partial charge in [-0.2, -0.15) is 0 Å². The number of aliphatic imine (C=N–C) groups is 1. The zero-order valence-corrected chi connectivity index (χ0v) is 13.5. The van der Waals surface area contributed by atoms with E-state index in [1.54, 1.807) is 0 Å². The first-order valence-electron chi connectivity index (χ1n) is 8.57. The highest BCUT2D eigenvalue weighted by Gasteiger charge is 2.20. The molecule has 22 heavy (non-hydrogen) atoms. The molecule has 120 valence electrons. The Bertz CT molecular complexity index is 505. The minimum atomic E-state index is 0.414. The molecule has 0 aromatic heterocycles. The summed E-state index contributed by atoms with van der Waals surface area (Å²) in [5, 5.41) is 6.94. The zero-order valence-electron chi connectivity index (χ0n) is 13.5. The van der Waals surface area contributed by atoms with Crippen LogP contribution in [-0.4, -0.2) is 25.2 Å². The average molecular weight is 301 g/mol. The number of nitrogens with one attached hydrogen (secondary N) is 2. The van der Waals surface area contributed by atoms with Gasteiger partial charge < -0.3 is 15.4 Å². The molecule has 1 aromatic rings. The van der Waals surface area contributed by atoms with Crippen LogP contribution < -0.4 is 15.4 Å².